The molecule has 0 amide bonds. The topological polar surface area (TPSA) is 35.8 Å². The third-order valence-corrected chi connectivity index (χ3v) is 4.19. The summed E-state index contributed by atoms with van der Waals surface area (Å²) in [6.07, 6.45) is 3.17. The van der Waals surface area contributed by atoms with Crippen molar-refractivity contribution in [1.82, 2.24) is 0 Å². The zero-order chi connectivity index (χ0) is 13.6. The molecule has 1 aromatic carbocycles. The summed E-state index contributed by atoms with van der Waals surface area (Å²) in [5, 5.41) is 12.3. The largest absolute Gasteiger partial charge is 0.385 e. The smallest absolute Gasteiger partial charge is 0.0683 e. The summed E-state index contributed by atoms with van der Waals surface area (Å²) in [5.41, 5.74) is 2.32. The van der Waals surface area contributed by atoms with Crippen molar-refractivity contribution in [2.75, 3.05) is 11.9 Å². The number of unbranched alkanes of at least 4 members (excludes halogenated alkanes) is 1. The molecule has 0 aliphatic rings. The Morgan fingerprint density at radius 1 is 1.33 bits per heavy atom. The molecular formula is C15H21IN2. The van der Waals surface area contributed by atoms with E-state index in [-0.39, 0.29) is 5.41 Å². The van der Waals surface area contributed by atoms with E-state index in [9.17, 15) is 0 Å². The molecule has 0 spiro atoms. The van der Waals surface area contributed by atoms with Crippen LogP contribution in [0, 0.1) is 27.2 Å². The number of hydrogen-bond donors (Lipinski definition) is 1. The first-order valence-electron chi connectivity index (χ1n) is 6.36. The molecule has 1 rings (SSSR count). The Kier molecular flexibility index (Phi) is 5.94. The first-order valence-corrected chi connectivity index (χ1v) is 7.44. The second-order valence-electron chi connectivity index (χ2n) is 5.34. The van der Waals surface area contributed by atoms with E-state index in [0.29, 0.717) is 0 Å². The van der Waals surface area contributed by atoms with Gasteiger partial charge in [0.05, 0.1) is 11.5 Å². The van der Waals surface area contributed by atoms with Crippen LogP contribution in [0.25, 0.3) is 0 Å². The van der Waals surface area contributed by atoms with Crippen LogP contribution < -0.4 is 5.32 Å². The highest BCUT2D eigenvalue weighted by Gasteiger charge is 2.15. The molecule has 0 aliphatic heterocycles. The average Bonchev–Trinajstić information content (AvgIpc) is 2.33. The first kappa shape index (κ1) is 15.3. The van der Waals surface area contributed by atoms with Crippen LogP contribution in [0.5, 0.6) is 0 Å². The predicted molar refractivity (Wildman–Crippen MR) is 85.6 cm³/mol. The standard InChI is InChI=1S/C15H21IN2/c1-12-6-7-13(10-14(12)16)18-9-5-4-8-15(2,3)11-17/h6-7,10,18H,4-5,8-9H2,1-3H3. The van der Waals surface area contributed by atoms with E-state index < -0.39 is 0 Å². The number of halogens is 1. The summed E-state index contributed by atoms with van der Waals surface area (Å²) in [5.74, 6) is 0. The van der Waals surface area contributed by atoms with E-state index >= 15 is 0 Å². The normalized spacial score (nSPS) is 11.1. The second-order valence-corrected chi connectivity index (χ2v) is 6.51. The molecule has 0 saturated heterocycles. The highest BCUT2D eigenvalue weighted by Crippen LogP contribution is 2.22. The Hall–Kier alpha value is -0.760. The summed E-state index contributed by atoms with van der Waals surface area (Å²) in [4.78, 5) is 0. The summed E-state index contributed by atoms with van der Waals surface area (Å²) >= 11 is 2.36. The molecule has 2 nitrogen and oxygen atoms in total. The lowest BCUT2D eigenvalue weighted by molar-refractivity contribution is 0.430. The number of nitrogens with one attached hydrogen (secondary N) is 1. The van der Waals surface area contributed by atoms with Crippen molar-refractivity contribution in [3.05, 3.63) is 27.3 Å². The van der Waals surface area contributed by atoms with Gasteiger partial charge in [0, 0.05) is 15.8 Å². The van der Waals surface area contributed by atoms with Crippen LogP contribution in [0.15, 0.2) is 18.2 Å². The Balaban J connectivity index is 2.26. The molecule has 1 aromatic rings. The zero-order valence-electron chi connectivity index (χ0n) is 11.4. The van der Waals surface area contributed by atoms with Crippen molar-refractivity contribution in [3.63, 3.8) is 0 Å². The number of benzene rings is 1. The van der Waals surface area contributed by atoms with Crippen LogP contribution in [0.4, 0.5) is 5.69 Å². The fourth-order valence-electron chi connectivity index (χ4n) is 1.68. The lowest BCUT2D eigenvalue weighted by Gasteiger charge is -2.14. The van der Waals surface area contributed by atoms with Gasteiger partial charge in [0.15, 0.2) is 0 Å². The van der Waals surface area contributed by atoms with Crippen LogP contribution in [0.2, 0.25) is 0 Å². The maximum absolute atomic E-state index is 8.92. The van der Waals surface area contributed by atoms with Crippen LogP contribution in [0.1, 0.15) is 38.7 Å². The van der Waals surface area contributed by atoms with Gasteiger partial charge in [-0.1, -0.05) is 12.5 Å². The summed E-state index contributed by atoms with van der Waals surface area (Å²) in [6.45, 7) is 7.10. The fraction of sp³-hybridized carbons (Fsp3) is 0.533. The molecule has 3 heteroatoms. The van der Waals surface area contributed by atoms with Crippen molar-refractivity contribution >= 4 is 28.3 Å². The molecular weight excluding hydrogens is 335 g/mol. The molecule has 98 valence electrons. The molecule has 0 atom stereocenters. The number of nitrogens with zero attached hydrogens (tertiary/aromatic N) is 1. The second kappa shape index (κ2) is 6.98. The summed E-state index contributed by atoms with van der Waals surface area (Å²) in [7, 11) is 0. The minimum absolute atomic E-state index is 0.181. The van der Waals surface area contributed by atoms with Gasteiger partial charge in [-0.15, -0.1) is 0 Å². The molecule has 0 bridgehead atoms. The molecule has 0 heterocycles. The lowest BCUT2D eigenvalue weighted by atomic mass is 9.89. The Morgan fingerprint density at radius 3 is 2.67 bits per heavy atom. The van der Waals surface area contributed by atoms with Crippen LogP contribution >= 0.6 is 22.6 Å². The van der Waals surface area contributed by atoms with Gasteiger partial charge in [0.1, 0.15) is 0 Å². The van der Waals surface area contributed by atoms with Gasteiger partial charge in [-0.2, -0.15) is 5.26 Å². The van der Waals surface area contributed by atoms with Gasteiger partial charge in [-0.25, -0.2) is 0 Å². The van der Waals surface area contributed by atoms with E-state index in [4.69, 9.17) is 5.26 Å². The van der Waals surface area contributed by atoms with Crippen LogP contribution in [0.3, 0.4) is 0 Å². The van der Waals surface area contributed by atoms with Gasteiger partial charge in [0.25, 0.3) is 0 Å². The Morgan fingerprint density at radius 2 is 2.06 bits per heavy atom. The van der Waals surface area contributed by atoms with Gasteiger partial charge >= 0.3 is 0 Å². The van der Waals surface area contributed by atoms with E-state index in [1.807, 2.05) is 13.8 Å². The Labute approximate surface area is 124 Å². The third-order valence-electron chi connectivity index (χ3n) is 3.03. The van der Waals surface area contributed by atoms with E-state index in [1.165, 1.54) is 14.8 Å². The van der Waals surface area contributed by atoms with Gasteiger partial charge in [-0.3, -0.25) is 0 Å². The monoisotopic (exact) mass is 356 g/mol. The predicted octanol–water partition coefficient (Wildman–Crippen LogP) is 4.73. The average molecular weight is 356 g/mol. The minimum Gasteiger partial charge on any atom is -0.385 e. The maximum Gasteiger partial charge on any atom is 0.0683 e. The Bertz CT molecular complexity index is 433. The van der Waals surface area contributed by atoms with Crippen molar-refractivity contribution in [3.8, 4) is 6.07 Å². The third kappa shape index (κ3) is 5.26. The summed E-state index contributed by atoms with van der Waals surface area (Å²) in [6, 6.07) is 8.78. The summed E-state index contributed by atoms with van der Waals surface area (Å²) < 4.78 is 1.29. The number of hydrogen-bond acceptors (Lipinski definition) is 2. The van der Waals surface area contributed by atoms with Crippen LogP contribution in [-0.4, -0.2) is 6.54 Å². The van der Waals surface area contributed by atoms with Crippen molar-refractivity contribution < 1.29 is 0 Å². The van der Waals surface area contributed by atoms with Crippen LogP contribution in [-0.2, 0) is 0 Å². The van der Waals surface area contributed by atoms with Crippen molar-refractivity contribution in [2.24, 2.45) is 5.41 Å². The van der Waals surface area contributed by atoms with Gasteiger partial charge in [-0.05, 0) is 73.9 Å². The molecule has 0 fully saturated rings. The molecule has 0 saturated carbocycles. The maximum atomic E-state index is 8.92. The minimum atomic E-state index is -0.181. The first-order chi connectivity index (χ1) is 8.44. The zero-order valence-corrected chi connectivity index (χ0v) is 13.5. The van der Waals surface area contributed by atoms with Crippen molar-refractivity contribution in [2.45, 2.75) is 40.0 Å². The lowest BCUT2D eigenvalue weighted by Crippen LogP contribution is -2.09. The highest BCUT2D eigenvalue weighted by atomic mass is 127. The molecule has 1 N–H and O–H groups in total. The van der Waals surface area contributed by atoms with E-state index in [2.05, 4.69) is 59.1 Å². The molecule has 0 unspecified atom stereocenters. The number of rotatable bonds is 6. The quantitative estimate of drug-likeness (QED) is 0.591. The number of nitriles is 1. The molecule has 0 radical (unpaired) electrons. The number of anilines is 1. The van der Waals surface area contributed by atoms with Gasteiger partial charge < -0.3 is 5.32 Å². The molecule has 0 aliphatic carbocycles. The van der Waals surface area contributed by atoms with E-state index in [0.717, 1.165) is 25.8 Å². The number of aryl methyl sites for hydroxylation is 1. The SMILES string of the molecule is Cc1ccc(NCCCCC(C)(C)C#N)cc1I. The van der Waals surface area contributed by atoms with Crippen molar-refractivity contribution in [1.29, 1.82) is 5.26 Å². The highest BCUT2D eigenvalue weighted by molar-refractivity contribution is 14.1. The van der Waals surface area contributed by atoms with Gasteiger partial charge in [0.2, 0.25) is 0 Å². The molecule has 18 heavy (non-hydrogen) atoms. The van der Waals surface area contributed by atoms with E-state index in [1.54, 1.807) is 0 Å². The fourth-order valence-corrected chi connectivity index (χ4v) is 2.20. The molecule has 0 aromatic heterocycles.